The lowest BCUT2D eigenvalue weighted by Crippen LogP contribution is -2.16. The molecule has 0 aliphatic rings. The Kier molecular flexibility index (Phi) is 4.82. The van der Waals surface area contributed by atoms with E-state index < -0.39 is 15.8 Å². The predicted octanol–water partition coefficient (Wildman–Crippen LogP) is 2.91. The number of benzene rings is 2. The van der Waals surface area contributed by atoms with Crippen molar-refractivity contribution in [3.63, 3.8) is 0 Å². The number of hydrogen-bond acceptors (Lipinski definition) is 3. The van der Waals surface area contributed by atoms with E-state index in [1.165, 1.54) is 12.1 Å². The minimum Gasteiger partial charge on any atom is -0.392 e. The molecule has 7 heteroatoms. The average Bonchev–Trinajstić information content (AvgIpc) is 2.42. The summed E-state index contributed by atoms with van der Waals surface area (Å²) in [5, 5.41) is 9.27. The highest BCUT2D eigenvalue weighted by molar-refractivity contribution is 7.91. The molecule has 2 N–H and O–H groups in total. The molecule has 2 rings (SSSR count). The van der Waals surface area contributed by atoms with Crippen LogP contribution in [0.15, 0.2) is 42.5 Å². The van der Waals surface area contributed by atoms with Gasteiger partial charge in [-0.2, -0.15) is 0 Å². The maximum atomic E-state index is 13.5. The van der Waals surface area contributed by atoms with Gasteiger partial charge >= 0.3 is 0 Å². The monoisotopic (exact) mass is 329 g/mol. The van der Waals surface area contributed by atoms with E-state index in [2.05, 4.69) is 4.72 Å². The second kappa shape index (κ2) is 6.43. The van der Waals surface area contributed by atoms with Crippen LogP contribution in [0, 0.1) is 5.82 Å². The lowest BCUT2D eigenvalue weighted by Gasteiger charge is -2.10. The first-order valence-electron chi connectivity index (χ1n) is 6.04. The largest absolute Gasteiger partial charge is 0.392 e. The summed E-state index contributed by atoms with van der Waals surface area (Å²) in [6.45, 7) is -0.176. The molecule has 0 fully saturated rings. The molecule has 0 aliphatic carbocycles. The zero-order valence-corrected chi connectivity index (χ0v) is 12.5. The molecule has 0 heterocycles. The number of nitrogens with one attached hydrogen (secondary N) is 1. The summed E-state index contributed by atoms with van der Waals surface area (Å²) in [7, 11) is -3.78. The summed E-state index contributed by atoms with van der Waals surface area (Å²) in [5.74, 6) is -1.03. The molecule has 4 nitrogen and oxygen atoms in total. The van der Waals surface area contributed by atoms with Crippen LogP contribution in [0.25, 0.3) is 0 Å². The maximum absolute atomic E-state index is 13.5. The standard InChI is InChI=1S/C14H13ClFNO3S/c15-12-4-5-13(16)14(7-12)17-21(19,20)9-11-3-1-2-10(6-11)8-18/h1-7,17-18H,8-9H2. The van der Waals surface area contributed by atoms with Crippen LogP contribution in [0.4, 0.5) is 10.1 Å². The molecular weight excluding hydrogens is 317 g/mol. The van der Waals surface area contributed by atoms with Crippen molar-refractivity contribution >= 4 is 27.3 Å². The van der Waals surface area contributed by atoms with Gasteiger partial charge in [0.15, 0.2) is 0 Å². The molecule has 112 valence electrons. The summed E-state index contributed by atoms with van der Waals surface area (Å²) in [6, 6.07) is 10.2. The Bertz CT molecular complexity index is 750. The van der Waals surface area contributed by atoms with Crippen LogP contribution in [0.3, 0.4) is 0 Å². The number of rotatable bonds is 5. The van der Waals surface area contributed by atoms with E-state index >= 15 is 0 Å². The van der Waals surface area contributed by atoms with Crippen molar-refractivity contribution in [3.05, 3.63) is 64.4 Å². The molecular formula is C14H13ClFNO3S. The van der Waals surface area contributed by atoms with Crippen LogP contribution in [0.5, 0.6) is 0 Å². The summed E-state index contributed by atoms with van der Waals surface area (Å²) in [6.07, 6.45) is 0. The van der Waals surface area contributed by atoms with Crippen LogP contribution in [0.1, 0.15) is 11.1 Å². The van der Waals surface area contributed by atoms with Gasteiger partial charge in [0.05, 0.1) is 18.0 Å². The number of halogens is 2. The third kappa shape index (κ3) is 4.42. The molecule has 0 saturated heterocycles. The van der Waals surface area contributed by atoms with Gasteiger partial charge in [0, 0.05) is 5.02 Å². The van der Waals surface area contributed by atoms with E-state index in [1.54, 1.807) is 24.3 Å². The van der Waals surface area contributed by atoms with Crippen molar-refractivity contribution in [1.82, 2.24) is 0 Å². The fourth-order valence-corrected chi connectivity index (χ4v) is 3.17. The minimum atomic E-state index is -3.78. The lowest BCUT2D eigenvalue weighted by atomic mass is 10.1. The Morgan fingerprint density at radius 1 is 1.14 bits per heavy atom. The highest BCUT2D eigenvalue weighted by Crippen LogP contribution is 2.21. The molecule has 0 bridgehead atoms. The first-order valence-corrected chi connectivity index (χ1v) is 8.07. The molecule has 0 aromatic heterocycles. The number of anilines is 1. The zero-order valence-electron chi connectivity index (χ0n) is 10.9. The van der Waals surface area contributed by atoms with Gasteiger partial charge in [-0.05, 0) is 29.3 Å². The summed E-state index contributed by atoms with van der Waals surface area (Å²) >= 11 is 5.72. The SMILES string of the molecule is O=S(=O)(Cc1cccc(CO)c1)Nc1cc(Cl)ccc1F. The van der Waals surface area contributed by atoms with Gasteiger partial charge in [-0.1, -0.05) is 35.9 Å². The van der Waals surface area contributed by atoms with Gasteiger partial charge < -0.3 is 5.11 Å². The number of aliphatic hydroxyl groups excluding tert-OH is 1. The second-order valence-corrected chi connectivity index (χ2v) is 6.62. The fraction of sp³-hybridized carbons (Fsp3) is 0.143. The summed E-state index contributed by atoms with van der Waals surface area (Å²) < 4.78 is 39.8. The molecule has 0 unspecified atom stereocenters. The van der Waals surface area contributed by atoms with Gasteiger partial charge in [0.2, 0.25) is 10.0 Å². The number of hydrogen-bond donors (Lipinski definition) is 2. The summed E-state index contributed by atoms with van der Waals surface area (Å²) in [4.78, 5) is 0. The van der Waals surface area contributed by atoms with E-state index in [0.29, 0.717) is 11.1 Å². The Labute approximate surface area is 127 Å². The highest BCUT2D eigenvalue weighted by Gasteiger charge is 2.15. The average molecular weight is 330 g/mol. The molecule has 21 heavy (non-hydrogen) atoms. The zero-order chi connectivity index (χ0) is 15.5. The Hall–Kier alpha value is -1.63. The first kappa shape index (κ1) is 15.8. The molecule has 0 saturated carbocycles. The topological polar surface area (TPSA) is 66.4 Å². The van der Waals surface area contributed by atoms with Crippen LogP contribution in [0.2, 0.25) is 5.02 Å². The van der Waals surface area contributed by atoms with Crippen LogP contribution in [-0.2, 0) is 22.4 Å². The van der Waals surface area contributed by atoms with Crippen molar-refractivity contribution in [2.75, 3.05) is 4.72 Å². The van der Waals surface area contributed by atoms with Crippen molar-refractivity contribution < 1.29 is 17.9 Å². The third-order valence-electron chi connectivity index (χ3n) is 2.72. The van der Waals surface area contributed by atoms with Crippen molar-refractivity contribution in [2.24, 2.45) is 0 Å². The van der Waals surface area contributed by atoms with Crippen LogP contribution >= 0.6 is 11.6 Å². The molecule has 0 radical (unpaired) electrons. The molecule has 0 atom stereocenters. The van der Waals surface area contributed by atoms with E-state index in [0.717, 1.165) is 6.07 Å². The van der Waals surface area contributed by atoms with E-state index in [-0.39, 0.29) is 23.1 Å². The molecule has 0 amide bonds. The lowest BCUT2D eigenvalue weighted by molar-refractivity contribution is 0.282. The Morgan fingerprint density at radius 2 is 1.86 bits per heavy atom. The van der Waals surface area contributed by atoms with E-state index in [1.807, 2.05) is 0 Å². The molecule has 2 aromatic carbocycles. The van der Waals surface area contributed by atoms with Gasteiger partial charge in [0.1, 0.15) is 5.82 Å². The second-order valence-electron chi connectivity index (χ2n) is 4.46. The molecule has 0 spiro atoms. The number of aliphatic hydroxyl groups is 1. The van der Waals surface area contributed by atoms with Crippen LogP contribution < -0.4 is 4.72 Å². The Morgan fingerprint density at radius 3 is 2.57 bits per heavy atom. The highest BCUT2D eigenvalue weighted by atomic mass is 35.5. The predicted molar refractivity (Wildman–Crippen MR) is 80.0 cm³/mol. The van der Waals surface area contributed by atoms with Gasteiger partial charge in [-0.25, -0.2) is 12.8 Å². The fourth-order valence-electron chi connectivity index (χ4n) is 1.82. The first-order chi connectivity index (χ1) is 9.89. The minimum absolute atomic E-state index is 0.176. The van der Waals surface area contributed by atoms with Gasteiger partial charge in [-0.3, -0.25) is 4.72 Å². The van der Waals surface area contributed by atoms with Crippen molar-refractivity contribution in [1.29, 1.82) is 0 Å². The Balaban J connectivity index is 2.20. The molecule has 2 aromatic rings. The van der Waals surface area contributed by atoms with Gasteiger partial charge in [0.25, 0.3) is 0 Å². The smallest absolute Gasteiger partial charge is 0.237 e. The molecule has 0 aliphatic heterocycles. The van der Waals surface area contributed by atoms with Gasteiger partial charge in [-0.15, -0.1) is 0 Å². The van der Waals surface area contributed by atoms with E-state index in [4.69, 9.17) is 16.7 Å². The third-order valence-corrected chi connectivity index (χ3v) is 4.20. The maximum Gasteiger partial charge on any atom is 0.237 e. The van der Waals surface area contributed by atoms with Crippen LogP contribution in [-0.4, -0.2) is 13.5 Å². The quantitative estimate of drug-likeness (QED) is 0.886. The number of sulfonamides is 1. The van der Waals surface area contributed by atoms with E-state index in [9.17, 15) is 12.8 Å². The van der Waals surface area contributed by atoms with Crippen molar-refractivity contribution in [3.8, 4) is 0 Å². The van der Waals surface area contributed by atoms with Crippen molar-refractivity contribution in [2.45, 2.75) is 12.4 Å². The normalized spacial score (nSPS) is 11.4. The summed E-state index contributed by atoms with van der Waals surface area (Å²) in [5.41, 5.74) is 0.911.